The lowest BCUT2D eigenvalue weighted by Crippen LogP contribution is -2.48. The quantitative estimate of drug-likeness (QED) is 0.763. The number of carbonyl (C=O) groups excluding carboxylic acids is 1. The first-order valence-electron chi connectivity index (χ1n) is 6.04. The molecule has 1 amide bonds. The fraction of sp³-hybridized carbons (Fsp3) is 0.462. The van der Waals surface area contributed by atoms with Gasteiger partial charge in [0, 0.05) is 12.6 Å². The van der Waals surface area contributed by atoms with E-state index in [1.807, 2.05) is 0 Å². The molecule has 1 aliphatic rings. The molecule has 0 spiro atoms. The van der Waals surface area contributed by atoms with Crippen molar-refractivity contribution in [1.82, 2.24) is 4.90 Å². The maximum atomic E-state index is 13.1. The van der Waals surface area contributed by atoms with Gasteiger partial charge in [0.1, 0.15) is 5.82 Å². The standard InChI is InChI=1S/C13H12F5NO/c14-9-3-1-8(2-4-9)7-19(10-5-6-10)12(20)13(17,18)11(15)16/h1-4,10-11H,5-7H2. The average molecular weight is 293 g/mol. The maximum absolute atomic E-state index is 13.1. The normalized spacial score (nSPS) is 15.5. The molecule has 0 saturated heterocycles. The average Bonchev–Trinajstić information content (AvgIpc) is 3.21. The van der Waals surface area contributed by atoms with Crippen LogP contribution in [0.2, 0.25) is 0 Å². The van der Waals surface area contributed by atoms with E-state index in [-0.39, 0.29) is 6.54 Å². The Balaban J connectivity index is 2.15. The van der Waals surface area contributed by atoms with Gasteiger partial charge in [-0.2, -0.15) is 8.78 Å². The second-order valence-electron chi connectivity index (χ2n) is 4.71. The van der Waals surface area contributed by atoms with Crippen LogP contribution < -0.4 is 0 Å². The molecule has 2 nitrogen and oxygen atoms in total. The highest BCUT2D eigenvalue weighted by Crippen LogP contribution is 2.34. The Morgan fingerprint density at radius 3 is 2.25 bits per heavy atom. The minimum Gasteiger partial charge on any atom is -0.330 e. The number of benzene rings is 1. The Bertz CT molecular complexity index is 484. The number of hydrogen-bond donors (Lipinski definition) is 0. The Labute approximate surface area is 112 Å². The largest absolute Gasteiger partial charge is 0.383 e. The lowest BCUT2D eigenvalue weighted by Gasteiger charge is -2.26. The molecule has 0 atom stereocenters. The number of amides is 1. The Kier molecular flexibility index (Phi) is 3.96. The Hall–Kier alpha value is -1.66. The van der Waals surface area contributed by atoms with Crippen LogP contribution in [0.4, 0.5) is 22.0 Å². The number of alkyl halides is 4. The molecule has 1 aliphatic carbocycles. The molecule has 0 unspecified atom stereocenters. The van der Waals surface area contributed by atoms with Gasteiger partial charge >= 0.3 is 12.3 Å². The molecule has 2 rings (SSSR count). The van der Waals surface area contributed by atoms with Gasteiger partial charge in [0.25, 0.3) is 5.91 Å². The first kappa shape index (κ1) is 14.7. The van der Waals surface area contributed by atoms with Crippen molar-refractivity contribution < 1.29 is 26.7 Å². The first-order valence-corrected chi connectivity index (χ1v) is 6.04. The molecule has 0 aliphatic heterocycles. The summed E-state index contributed by atoms with van der Waals surface area (Å²) in [6.45, 7) is -0.230. The number of hydrogen-bond acceptors (Lipinski definition) is 1. The summed E-state index contributed by atoms with van der Waals surface area (Å²) >= 11 is 0. The predicted octanol–water partition coefficient (Wildman–Crippen LogP) is 3.22. The van der Waals surface area contributed by atoms with Gasteiger partial charge in [-0.15, -0.1) is 0 Å². The highest BCUT2D eigenvalue weighted by Gasteiger charge is 2.53. The third-order valence-electron chi connectivity index (χ3n) is 3.07. The molecule has 7 heteroatoms. The summed E-state index contributed by atoms with van der Waals surface area (Å²) in [6.07, 6.45) is -3.03. The fourth-order valence-electron chi connectivity index (χ4n) is 1.82. The van der Waals surface area contributed by atoms with Gasteiger partial charge in [-0.3, -0.25) is 4.79 Å². The van der Waals surface area contributed by atoms with Crippen LogP contribution in [0, 0.1) is 5.82 Å². The van der Waals surface area contributed by atoms with Gasteiger partial charge < -0.3 is 4.90 Å². The third kappa shape index (κ3) is 3.08. The van der Waals surface area contributed by atoms with Crippen LogP contribution in [-0.4, -0.2) is 29.2 Å². The van der Waals surface area contributed by atoms with E-state index < -0.39 is 30.1 Å². The minimum absolute atomic E-state index is 0.230. The van der Waals surface area contributed by atoms with Crippen LogP contribution >= 0.6 is 0 Å². The predicted molar refractivity (Wildman–Crippen MR) is 60.9 cm³/mol. The molecule has 0 aromatic heterocycles. The Morgan fingerprint density at radius 1 is 1.25 bits per heavy atom. The summed E-state index contributed by atoms with van der Waals surface area (Å²) in [5, 5.41) is 0. The van der Waals surface area contributed by atoms with Gasteiger partial charge in [-0.1, -0.05) is 12.1 Å². The van der Waals surface area contributed by atoms with Crippen molar-refractivity contribution in [3.63, 3.8) is 0 Å². The van der Waals surface area contributed by atoms with Crippen LogP contribution in [0.5, 0.6) is 0 Å². The summed E-state index contributed by atoms with van der Waals surface area (Å²) < 4.78 is 63.5. The van der Waals surface area contributed by atoms with E-state index in [1.54, 1.807) is 0 Å². The van der Waals surface area contributed by atoms with E-state index in [1.165, 1.54) is 12.1 Å². The molecular formula is C13H12F5NO. The molecule has 1 aromatic carbocycles. The minimum atomic E-state index is -4.69. The topological polar surface area (TPSA) is 20.3 Å². The lowest BCUT2D eigenvalue weighted by atomic mass is 10.2. The summed E-state index contributed by atoms with van der Waals surface area (Å²) in [5.41, 5.74) is 0.414. The maximum Gasteiger partial charge on any atom is 0.383 e. The summed E-state index contributed by atoms with van der Waals surface area (Å²) in [7, 11) is 0. The second-order valence-corrected chi connectivity index (χ2v) is 4.71. The van der Waals surface area contributed by atoms with Crippen molar-refractivity contribution in [2.45, 2.75) is 37.8 Å². The van der Waals surface area contributed by atoms with Crippen LogP contribution in [-0.2, 0) is 11.3 Å². The fourth-order valence-corrected chi connectivity index (χ4v) is 1.82. The van der Waals surface area contributed by atoms with E-state index in [0.29, 0.717) is 18.4 Å². The van der Waals surface area contributed by atoms with Gasteiger partial charge in [-0.05, 0) is 30.5 Å². The first-order chi connectivity index (χ1) is 9.32. The highest BCUT2D eigenvalue weighted by atomic mass is 19.3. The van der Waals surface area contributed by atoms with E-state index in [4.69, 9.17) is 0 Å². The van der Waals surface area contributed by atoms with Crippen LogP contribution in [0.3, 0.4) is 0 Å². The molecule has 0 N–H and O–H groups in total. The van der Waals surface area contributed by atoms with E-state index in [2.05, 4.69) is 0 Å². The molecular weight excluding hydrogens is 281 g/mol. The molecule has 20 heavy (non-hydrogen) atoms. The Morgan fingerprint density at radius 2 is 1.80 bits per heavy atom. The number of carbonyl (C=O) groups is 1. The zero-order chi connectivity index (χ0) is 14.9. The van der Waals surface area contributed by atoms with Crippen LogP contribution in [0.15, 0.2) is 24.3 Å². The molecule has 1 fully saturated rings. The third-order valence-corrected chi connectivity index (χ3v) is 3.07. The van der Waals surface area contributed by atoms with Crippen molar-refractivity contribution in [3.8, 4) is 0 Å². The number of halogens is 5. The molecule has 0 heterocycles. The molecule has 1 saturated carbocycles. The molecule has 1 aromatic rings. The van der Waals surface area contributed by atoms with Crippen molar-refractivity contribution >= 4 is 5.91 Å². The summed E-state index contributed by atoms with van der Waals surface area (Å²) in [6, 6.07) is 4.46. The highest BCUT2D eigenvalue weighted by molar-refractivity contribution is 5.84. The monoisotopic (exact) mass is 293 g/mol. The van der Waals surface area contributed by atoms with E-state index >= 15 is 0 Å². The molecule has 110 valence electrons. The van der Waals surface area contributed by atoms with Gasteiger partial charge in [0.15, 0.2) is 0 Å². The molecule has 0 radical (unpaired) electrons. The van der Waals surface area contributed by atoms with Gasteiger partial charge in [-0.25, -0.2) is 13.2 Å². The van der Waals surface area contributed by atoms with Crippen molar-refractivity contribution in [2.75, 3.05) is 0 Å². The number of rotatable bonds is 5. The van der Waals surface area contributed by atoms with Crippen LogP contribution in [0.1, 0.15) is 18.4 Å². The van der Waals surface area contributed by atoms with E-state index in [9.17, 15) is 26.7 Å². The van der Waals surface area contributed by atoms with E-state index in [0.717, 1.165) is 17.0 Å². The van der Waals surface area contributed by atoms with Crippen molar-refractivity contribution in [3.05, 3.63) is 35.6 Å². The SMILES string of the molecule is O=C(N(Cc1ccc(F)cc1)C1CC1)C(F)(F)C(F)F. The lowest BCUT2D eigenvalue weighted by molar-refractivity contribution is -0.181. The second kappa shape index (κ2) is 5.38. The van der Waals surface area contributed by atoms with Crippen molar-refractivity contribution in [2.24, 2.45) is 0 Å². The molecule has 0 bridgehead atoms. The van der Waals surface area contributed by atoms with Crippen LogP contribution in [0.25, 0.3) is 0 Å². The van der Waals surface area contributed by atoms with Gasteiger partial charge in [0.2, 0.25) is 0 Å². The zero-order valence-corrected chi connectivity index (χ0v) is 10.3. The van der Waals surface area contributed by atoms with Crippen molar-refractivity contribution in [1.29, 1.82) is 0 Å². The summed E-state index contributed by atoms with van der Waals surface area (Å²) in [4.78, 5) is 12.3. The van der Waals surface area contributed by atoms with Gasteiger partial charge in [0.05, 0.1) is 0 Å². The smallest absolute Gasteiger partial charge is 0.330 e. The zero-order valence-electron chi connectivity index (χ0n) is 10.3. The summed E-state index contributed by atoms with van der Waals surface area (Å²) in [5.74, 6) is -7.07. The number of nitrogens with zero attached hydrogens (tertiary/aromatic N) is 1.